The zero-order chi connectivity index (χ0) is 14.5. The smallest absolute Gasteiger partial charge is 0.334 e. The van der Waals surface area contributed by atoms with Gasteiger partial charge in [0.1, 0.15) is 0 Å². The summed E-state index contributed by atoms with van der Waals surface area (Å²) < 4.78 is 4.58. The van der Waals surface area contributed by atoms with Crippen LogP contribution in [0.3, 0.4) is 0 Å². The fraction of sp³-hybridized carbons (Fsp3) is 0.533. The van der Waals surface area contributed by atoms with Crippen molar-refractivity contribution in [3.63, 3.8) is 0 Å². The van der Waals surface area contributed by atoms with Crippen LogP contribution in [0.5, 0.6) is 0 Å². The molecule has 1 saturated heterocycles. The third kappa shape index (κ3) is 3.95. The monoisotopic (exact) mass is 297 g/mol. The molecule has 0 saturated carbocycles. The van der Waals surface area contributed by atoms with Gasteiger partial charge in [-0.1, -0.05) is 23.7 Å². The van der Waals surface area contributed by atoms with Gasteiger partial charge in [-0.05, 0) is 49.5 Å². The summed E-state index contributed by atoms with van der Waals surface area (Å²) in [6.45, 7) is 2.58. The number of aliphatic hydroxyl groups excluding tert-OH is 1. The van der Waals surface area contributed by atoms with Crippen LogP contribution < -0.4 is 0 Å². The Labute approximate surface area is 124 Å². The van der Waals surface area contributed by atoms with E-state index < -0.39 is 12.1 Å². The predicted octanol–water partition coefficient (Wildman–Crippen LogP) is 2.09. The van der Waals surface area contributed by atoms with Crippen molar-refractivity contribution in [1.29, 1.82) is 0 Å². The second kappa shape index (κ2) is 7.07. The zero-order valence-electron chi connectivity index (χ0n) is 11.6. The third-order valence-corrected chi connectivity index (χ3v) is 4.05. The summed E-state index contributed by atoms with van der Waals surface area (Å²) in [5, 5.41) is 10.6. The molecule has 1 aromatic rings. The summed E-state index contributed by atoms with van der Waals surface area (Å²) in [7, 11) is 1.31. The molecular weight excluding hydrogens is 278 g/mol. The van der Waals surface area contributed by atoms with Crippen LogP contribution in [0, 0.1) is 5.92 Å². The molecular formula is C15H20ClNO3. The van der Waals surface area contributed by atoms with E-state index >= 15 is 0 Å². The molecule has 20 heavy (non-hydrogen) atoms. The van der Waals surface area contributed by atoms with Gasteiger partial charge < -0.3 is 9.84 Å². The molecule has 0 aliphatic carbocycles. The molecule has 1 aliphatic heterocycles. The van der Waals surface area contributed by atoms with Crippen LogP contribution in [0.2, 0.25) is 5.02 Å². The van der Waals surface area contributed by atoms with E-state index in [0.29, 0.717) is 0 Å². The molecule has 0 bridgehead atoms. The summed E-state index contributed by atoms with van der Waals surface area (Å²) >= 11 is 5.98. The van der Waals surface area contributed by atoms with E-state index in [4.69, 9.17) is 11.6 Å². The predicted molar refractivity (Wildman–Crippen MR) is 77.5 cm³/mol. The Balaban J connectivity index is 1.84. The molecule has 1 atom stereocenters. The zero-order valence-corrected chi connectivity index (χ0v) is 12.3. The molecule has 110 valence electrons. The van der Waals surface area contributed by atoms with Gasteiger partial charge in [-0.15, -0.1) is 0 Å². The number of esters is 1. The lowest BCUT2D eigenvalue weighted by Crippen LogP contribution is -2.40. The fourth-order valence-electron chi connectivity index (χ4n) is 2.63. The number of methoxy groups -OCH3 is 1. The molecule has 0 aromatic heterocycles. The minimum atomic E-state index is -0.992. The van der Waals surface area contributed by atoms with Gasteiger partial charge in [-0.3, -0.25) is 4.90 Å². The van der Waals surface area contributed by atoms with Crippen molar-refractivity contribution in [3.8, 4) is 0 Å². The topological polar surface area (TPSA) is 49.8 Å². The average molecular weight is 298 g/mol. The molecule has 1 heterocycles. The highest BCUT2D eigenvalue weighted by Crippen LogP contribution is 2.23. The van der Waals surface area contributed by atoms with Crippen LogP contribution in [-0.4, -0.2) is 42.3 Å². The number of nitrogens with zero attached hydrogens (tertiary/aromatic N) is 1. The average Bonchev–Trinajstić information content (AvgIpc) is 2.46. The second-order valence-electron chi connectivity index (χ2n) is 5.21. The summed E-state index contributed by atoms with van der Waals surface area (Å²) in [4.78, 5) is 13.6. The lowest BCUT2D eigenvalue weighted by atomic mass is 9.91. The van der Waals surface area contributed by atoms with Crippen LogP contribution in [0.25, 0.3) is 0 Å². The Hall–Kier alpha value is -1.10. The van der Waals surface area contributed by atoms with E-state index in [-0.39, 0.29) is 5.92 Å². The van der Waals surface area contributed by atoms with Gasteiger partial charge in [0, 0.05) is 11.6 Å². The summed E-state index contributed by atoms with van der Waals surface area (Å²) in [5.74, 6) is -0.531. The maximum Gasteiger partial charge on any atom is 0.334 e. The maximum atomic E-state index is 11.3. The Morgan fingerprint density at radius 1 is 1.50 bits per heavy atom. The van der Waals surface area contributed by atoms with Gasteiger partial charge in [0.15, 0.2) is 6.10 Å². The van der Waals surface area contributed by atoms with Crippen LogP contribution in [0.15, 0.2) is 24.3 Å². The quantitative estimate of drug-likeness (QED) is 0.865. The highest BCUT2D eigenvalue weighted by molar-refractivity contribution is 6.30. The summed E-state index contributed by atoms with van der Waals surface area (Å²) in [6, 6.07) is 7.84. The first-order chi connectivity index (χ1) is 9.60. The number of carbonyl (C=O) groups is 1. The molecule has 5 heteroatoms. The van der Waals surface area contributed by atoms with E-state index in [0.717, 1.165) is 37.5 Å². The minimum Gasteiger partial charge on any atom is -0.467 e. The number of rotatable bonds is 4. The van der Waals surface area contributed by atoms with Crippen LogP contribution in [0.1, 0.15) is 18.4 Å². The lowest BCUT2D eigenvalue weighted by Gasteiger charge is -2.33. The van der Waals surface area contributed by atoms with Crippen molar-refractivity contribution in [2.45, 2.75) is 25.5 Å². The van der Waals surface area contributed by atoms with Crippen LogP contribution in [0.4, 0.5) is 0 Å². The van der Waals surface area contributed by atoms with Gasteiger partial charge in [-0.25, -0.2) is 4.79 Å². The van der Waals surface area contributed by atoms with E-state index in [1.165, 1.54) is 12.7 Å². The Morgan fingerprint density at radius 2 is 2.20 bits per heavy atom. The van der Waals surface area contributed by atoms with Gasteiger partial charge >= 0.3 is 5.97 Å². The van der Waals surface area contributed by atoms with Crippen molar-refractivity contribution < 1.29 is 14.6 Å². The molecule has 0 radical (unpaired) electrons. The second-order valence-corrected chi connectivity index (χ2v) is 5.65. The van der Waals surface area contributed by atoms with Gasteiger partial charge in [-0.2, -0.15) is 0 Å². The van der Waals surface area contributed by atoms with Crippen molar-refractivity contribution in [1.82, 2.24) is 4.90 Å². The number of hydrogen-bond donors (Lipinski definition) is 1. The molecule has 1 aliphatic rings. The number of ether oxygens (including phenoxy) is 1. The van der Waals surface area contributed by atoms with Crippen molar-refractivity contribution in [3.05, 3.63) is 34.9 Å². The van der Waals surface area contributed by atoms with Crippen molar-refractivity contribution in [2.75, 3.05) is 20.2 Å². The largest absolute Gasteiger partial charge is 0.467 e. The molecule has 2 rings (SSSR count). The molecule has 1 unspecified atom stereocenters. The summed E-state index contributed by atoms with van der Waals surface area (Å²) in [5.41, 5.74) is 1.18. The normalized spacial score (nSPS) is 18.8. The molecule has 0 amide bonds. The number of piperidine rings is 1. The molecule has 1 N–H and O–H groups in total. The van der Waals surface area contributed by atoms with E-state index in [1.807, 2.05) is 18.2 Å². The third-order valence-electron chi connectivity index (χ3n) is 3.82. The lowest BCUT2D eigenvalue weighted by molar-refractivity contribution is -0.154. The summed E-state index contributed by atoms with van der Waals surface area (Å²) in [6.07, 6.45) is 0.613. The number of hydrogen-bond acceptors (Lipinski definition) is 4. The van der Waals surface area contributed by atoms with Gasteiger partial charge in [0.05, 0.1) is 7.11 Å². The van der Waals surface area contributed by atoms with Crippen molar-refractivity contribution >= 4 is 17.6 Å². The number of benzene rings is 1. The SMILES string of the molecule is COC(=O)C(O)C1CCN(Cc2cccc(Cl)c2)CC1. The minimum absolute atomic E-state index is 0.00180. The van der Waals surface area contributed by atoms with Crippen LogP contribution in [-0.2, 0) is 16.1 Å². The number of halogens is 1. The highest BCUT2D eigenvalue weighted by atomic mass is 35.5. The van der Waals surface area contributed by atoms with E-state index in [1.54, 1.807) is 0 Å². The molecule has 1 fully saturated rings. The Bertz CT molecular complexity index is 458. The first kappa shape index (κ1) is 15.3. The van der Waals surface area contributed by atoms with Gasteiger partial charge in [0.25, 0.3) is 0 Å². The van der Waals surface area contributed by atoms with Gasteiger partial charge in [0.2, 0.25) is 0 Å². The highest BCUT2D eigenvalue weighted by Gasteiger charge is 2.30. The van der Waals surface area contributed by atoms with Crippen LogP contribution >= 0.6 is 11.6 Å². The fourth-order valence-corrected chi connectivity index (χ4v) is 2.85. The number of aliphatic hydroxyl groups is 1. The van der Waals surface area contributed by atoms with E-state index in [9.17, 15) is 9.90 Å². The molecule has 4 nitrogen and oxygen atoms in total. The first-order valence-electron chi connectivity index (χ1n) is 6.83. The number of carbonyl (C=O) groups excluding carboxylic acids is 1. The molecule has 0 spiro atoms. The maximum absolute atomic E-state index is 11.3. The standard InChI is InChI=1S/C15H20ClNO3/c1-20-15(19)14(18)12-5-7-17(8-6-12)10-11-3-2-4-13(16)9-11/h2-4,9,12,14,18H,5-8,10H2,1H3. The number of likely N-dealkylation sites (tertiary alicyclic amines) is 1. The van der Waals surface area contributed by atoms with E-state index in [2.05, 4.69) is 15.7 Å². The first-order valence-corrected chi connectivity index (χ1v) is 7.20. The Morgan fingerprint density at radius 3 is 2.80 bits per heavy atom. The Kier molecular flexibility index (Phi) is 5.40. The molecule has 1 aromatic carbocycles. The van der Waals surface area contributed by atoms with Crippen molar-refractivity contribution in [2.24, 2.45) is 5.92 Å².